The monoisotopic (exact) mass is 274 g/mol. The first-order valence-corrected chi connectivity index (χ1v) is 6.47. The molecule has 19 heavy (non-hydrogen) atoms. The first-order chi connectivity index (χ1) is 9.06. The lowest BCUT2D eigenvalue weighted by molar-refractivity contribution is 0.102. The van der Waals surface area contributed by atoms with Crippen LogP contribution in [0.2, 0.25) is 5.15 Å². The zero-order chi connectivity index (χ0) is 13.8. The van der Waals surface area contributed by atoms with Gasteiger partial charge in [0.25, 0.3) is 5.91 Å². The molecular weight excluding hydrogens is 260 g/mol. The lowest BCUT2D eigenvalue weighted by atomic mass is 10.0. The molecule has 0 aliphatic rings. The molecule has 0 saturated heterocycles. The first-order valence-electron chi connectivity index (χ1n) is 6.09. The van der Waals surface area contributed by atoms with Crippen molar-refractivity contribution >= 4 is 23.2 Å². The van der Waals surface area contributed by atoms with Gasteiger partial charge in [0.05, 0.1) is 0 Å². The topological polar surface area (TPSA) is 42.0 Å². The van der Waals surface area contributed by atoms with Gasteiger partial charge in [0.15, 0.2) is 0 Å². The van der Waals surface area contributed by atoms with Crippen molar-refractivity contribution in [1.82, 2.24) is 4.98 Å². The van der Waals surface area contributed by atoms with Gasteiger partial charge in [-0.3, -0.25) is 4.79 Å². The summed E-state index contributed by atoms with van der Waals surface area (Å²) in [5.74, 6) is 0.283. The largest absolute Gasteiger partial charge is 0.322 e. The third-order valence-corrected chi connectivity index (χ3v) is 3.03. The number of rotatable bonds is 3. The van der Waals surface area contributed by atoms with Crippen LogP contribution in [-0.4, -0.2) is 10.9 Å². The summed E-state index contributed by atoms with van der Waals surface area (Å²) < 4.78 is 0. The minimum absolute atomic E-state index is 0.193. The van der Waals surface area contributed by atoms with Gasteiger partial charge in [0.2, 0.25) is 0 Å². The van der Waals surface area contributed by atoms with E-state index in [0.29, 0.717) is 16.6 Å². The summed E-state index contributed by atoms with van der Waals surface area (Å²) in [5, 5.41) is 3.13. The maximum Gasteiger partial charge on any atom is 0.255 e. The molecule has 2 rings (SSSR count). The van der Waals surface area contributed by atoms with E-state index in [9.17, 15) is 4.79 Å². The molecule has 0 aliphatic carbocycles. The third kappa shape index (κ3) is 3.55. The number of nitrogens with one attached hydrogen (secondary N) is 1. The van der Waals surface area contributed by atoms with Gasteiger partial charge in [-0.15, -0.1) is 0 Å². The summed E-state index contributed by atoms with van der Waals surface area (Å²) in [6, 6.07) is 11.0. The fourth-order valence-corrected chi connectivity index (χ4v) is 1.87. The summed E-state index contributed by atoms with van der Waals surface area (Å²) in [6.07, 6.45) is 1.51. The Kier molecular flexibility index (Phi) is 4.17. The van der Waals surface area contributed by atoms with Crippen molar-refractivity contribution in [3.63, 3.8) is 0 Å². The Morgan fingerprint density at radius 3 is 2.47 bits per heavy atom. The molecule has 1 amide bonds. The maximum atomic E-state index is 12.0. The standard InChI is InChI=1S/C15H15ClN2O/c1-10(2)11-3-5-13(6-4-11)18-15(19)12-7-8-17-14(16)9-12/h3-10H,1-2H3,(H,18,19). The van der Waals surface area contributed by atoms with Gasteiger partial charge < -0.3 is 5.32 Å². The van der Waals surface area contributed by atoms with E-state index < -0.39 is 0 Å². The lowest BCUT2D eigenvalue weighted by Gasteiger charge is -2.08. The van der Waals surface area contributed by atoms with Gasteiger partial charge in [0, 0.05) is 17.4 Å². The van der Waals surface area contributed by atoms with Crippen molar-refractivity contribution in [3.8, 4) is 0 Å². The van der Waals surface area contributed by atoms with E-state index in [-0.39, 0.29) is 5.91 Å². The molecule has 0 unspecified atom stereocenters. The lowest BCUT2D eigenvalue weighted by Crippen LogP contribution is -2.11. The maximum absolute atomic E-state index is 12.0. The number of hydrogen-bond acceptors (Lipinski definition) is 2. The predicted octanol–water partition coefficient (Wildman–Crippen LogP) is 4.11. The van der Waals surface area contributed by atoms with Crippen molar-refractivity contribution in [3.05, 3.63) is 58.9 Å². The zero-order valence-corrected chi connectivity index (χ0v) is 11.6. The number of halogens is 1. The Bertz CT molecular complexity index is 579. The molecule has 0 fully saturated rings. The molecule has 0 bridgehead atoms. The van der Waals surface area contributed by atoms with E-state index in [1.807, 2.05) is 24.3 Å². The molecule has 0 radical (unpaired) electrons. The quantitative estimate of drug-likeness (QED) is 0.856. The first kappa shape index (κ1) is 13.6. The van der Waals surface area contributed by atoms with Crippen LogP contribution in [-0.2, 0) is 0 Å². The Balaban J connectivity index is 2.10. The highest BCUT2D eigenvalue weighted by Gasteiger charge is 2.07. The second kappa shape index (κ2) is 5.85. The Labute approximate surface area is 117 Å². The molecule has 1 heterocycles. The van der Waals surface area contributed by atoms with Crippen molar-refractivity contribution in [2.45, 2.75) is 19.8 Å². The van der Waals surface area contributed by atoms with Gasteiger partial charge >= 0.3 is 0 Å². The van der Waals surface area contributed by atoms with Crippen LogP contribution >= 0.6 is 11.6 Å². The molecule has 98 valence electrons. The number of carbonyl (C=O) groups excluding carboxylic acids is 1. The van der Waals surface area contributed by atoms with Gasteiger partial charge in [-0.2, -0.15) is 0 Å². The minimum Gasteiger partial charge on any atom is -0.322 e. The van der Waals surface area contributed by atoms with E-state index in [4.69, 9.17) is 11.6 Å². The SMILES string of the molecule is CC(C)c1ccc(NC(=O)c2ccnc(Cl)c2)cc1. The molecule has 1 aromatic heterocycles. The van der Waals surface area contributed by atoms with Crippen LogP contribution < -0.4 is 5.32 Å². The Morgan fingerprint density at radius 2 is 1.89 bits per heavy atom. The second-order valence-corrected chi connectivity index (χ2v) is 4.99. The number of pyridine rings is 1. The van der Waals surface area contributed by atoms with Crippen molar-refractivity contribution < 1.29 is 4.79 Å². The van der Waals surface area contributed by atoms with Crippen molar-refractivity contribution in [2.75, 3.05) is 5.32 Å². The normalized spacial score (nSPS) is 10.5. The van der Waals surface area contributed by atoms with Crippen LogP contribution in [0.3, 0.4) is 0 Å². The van der Waals surface area contributed by atoms with E-state index in [1.165, 1.54) is 11.8 Å². The zero-order valence-electron chi connectivity index (χ0n) is 10.9. The number of nitrogens with zero attached hydrogens (tertiary/aromatic N) is 1. The second-order valence-electron chi connectivity index (χ2n) is 4.60. The number of anilines is 1. The molecule has 2 aromatic rings. The van der Waals surface area contributed by atoms with Gasteiger partial charge in [-0.1, -0.05) is 37.6 Å². The molecular formula is C15H15ClN2O. The minimum atomic E-state index is -0.193. The van der Waals surface area contributed by atoms with E-state index >= 15 is 0 Å². The molecule has 0 atom stereocenters. The summed E-state index contributed by atoms with van der Waals surface area (Å²) in [7, 11) is 0. The van der Waals surface area contributed by atoms with Crippen LogP contribution in [0.4, 0.5) is 5.69 Å². The number of amides is 1. The van der Waals surface area contributed by atoms with E-state index in [1.54, 1.807) is 12.1 Å². The Hall–Kier alpha value is -1.87. The van der Waals surface area contributed by atoms with E-state index in [0.717, 1.165) is 5.69 Å². The smallest absolute Gasteiger partial charge is 0.255 e. The molecule has 3 nitrogen and oxygen atoms in total. The third-order valence-electron chi connectivity index (χ3n) is 2.82. The fourth-order valence-electron chi connectivity index (χ4n) is 1.70. The average Bonchev–Trinajstić information content (AvgIpc) is 2.39. The number of benzene rings is 1. The highest BCUT2D eigenvalue weighted by molar-refractivity contribution is 6.29. The van der Waals surface area contributed by atoms with Crippen molar-refractivity contribution in [1.29, 1.82) is 0 Å². The number of hydrogen-bond donors (Lipinski definition) is 1. The summed E-state index contributed by atoms with van der Waals surface area (Å²) in [5.41, 5.74) is 2.50. The molecule has 4 heteroatoms. The van der Waals surface area contributed by atoms with Gasteiger partial charge in [-0.05, 0) is 35.7 Å². The summed E-state index contributed by atoms with van der Waals surface area (Å²) in [6.45, 7) is 4.26. The van der Waals surface area contributed by atoms with Crippen LogP contribution in [0, 0.1) is 0 Å². The van der Waals surface area contributed by atoms with Crippen LogP contribution in [0.5, 0.6) is 0 Å². The van der Waals surface area contributed by atoms with Gasteiger partial charge in [0.1, 0.15) is 5.15 Å². The van der Waals surface area contributed by atoms with E-state index in [2.05, 4.69) is 24.1 Å². The highest BCUT2D eigenvalue weighted by Crippen LogP contribution is 2.18. The fraction of sp³-hybridized carbons (Fsp3) is 0.200. The van der Waals surface area contributed by atoms with Crippen LogP contribution in [0.1, 0.15) is 35.7 Å². The molecule has 0 saturated carbocycles. The molecule has 0 spiro atoms. The highest BCUT2D eigenvalue weighted by atomic mass is 35.5. The average molecular weight is 275 g/mol. The molecule has 1 aromatic carbocycles. The predicted molar refractivity (Wildman–Crippen MR) is 77.7 cm³/mol. The summed E-state index contributed by atoms with van der Waals surface area (Å²) >= 11 is 5.76. The number of carbonyl (C=O) groups is 1. The van der Waals surface area contributed by atoms with Gasteiger partial charge in [-0.25, -0.2) is 4.98 Å². The summed E-state index contributed by atoms with van der Waals surface area (Å²) in [4.78, 5) is 15.8. The van der Waals surface area contributed by atoms with Crippen LogP contribution in [0.15, 0.2) is 42.6 Å². The van der Waals surface area contributed by atoms with Crippen LogP contribution in [0.25, 0.3) is 0 Å². The molecule has 0 aliphatic heterocycles. The molecule has 1 N–H and O–H groups in total. The van der Waals surface area contributed by atoms with Crippen molar-refractivity contribution in [2.24, 2.45) is 0 Å². The Morgan fingerprint density at radius 1 is 1.21 bits per heavy atom. The number of aromatic nitrogens is 1.